The van der Waals surface area contributed by atoms with Gasteiger partial charge in [-0.1, -0.05) is 18.2 Å². The maximum atomic E-state index is 4.56. The van der Waals surface area contributed by atoms with Gasteiger partial charge in [-0.25, -0.2) is 0 Å². The zero-order valence-corrected chi connectivity index (χ0v) is 13.3. The smallest absolute Gasteiger partial charge is 0.0723 e. The molecule has 0 amide bonds. The quantitative estimate of drug-likeness (QED) is 0.491. The first-order valence-electron chi connectivity index (χ1n) is 6.91. The number of hydrogen-bond acceptors (Lipinski definition) is 4. The first kappa shape index (κ1) is 13.4. The zero-order chi connectivity index (χ0) is 14.8. The lowest BCUT2D eigenvalue weighted by Crippen LogP contribution is -1.87. The molecule has 0 unspecified atom stereocenters. The Bertz CT molecular complexity index is 866. The second kappa shape index (κ2) is 5.83. The summed E-state index contributed by atoms with van der Waals surface area (Å²) in [6.45, 7) is 0. The molecule has 0 saturated heterocycles. The SMILES string of the molecule is c1ccc(-c2csc(-c3cccs3)c2-c2ccccn2)nc1. The number of nitrogens with zero attached hydrogens (tertiary/aromatic N) is 2. The van der Waals surface area contributed by atoms with Gasteiger partial charge in [0, 0.05) is 33.8 Å². The van der Waals surface area contributed by atoms with Gasteiger partial charge in [-0.2, -0.15) is 0 Å². The standard InChI is InChI=1S/C18H12N2S2/c1-3-9-19-14(6-1)13-12-22-18(16-8-5-11-21-16)17(13)15-7-2-4-10-20-15/h1-12H. The van der Waals surface area contributed by atoms with E-state index in [1.54, 1.807) is 22.7 Å². The summed E-state index contributed by atoms with van der Waals surface area (Å²) in [7, 11) is 0. The van der Waals surface area contributed by atoms with Gasteiger partial charge in [-0.05, 0) is 35.7 Å². The average molecular weight is 320 g/mol. The summed E-state index contributed by atoms with van der Waals surface area (Å²) in [6.07, 6.45) is 3.67. The van der Waals surface area contributed by atoms with Crippen molar-refractivity contribution in [3.05, 3.63) is 71.7 Å². The molecule has 4 aromatic heterocycles. The van der Waals surface area contributed by atoms with Crippen LogP contribution in [0.25, 0.3) is 32.3 Å². The van der Waals surface area contributed by atoms with Gasteiger partial charge in [0.05, 0.1) is 16.3 Å². The summed E-state index contributed by atoms with van der Waals surface area (Å²) in [5, 5.41) is 4.29. The Morgan fingerprint density at radius 3 is 2.14 bits per heavy atom. The molecule has 0 fully saturated rings. The number of rotatable bonds is 3. The Labute approximate surface area is 136 Å². The molecule has 0 spiro atoms. The molecule has 2 nitrogen and oxygen atoms in total. The molecule has 4 rings (SSSR count). The summed E-state index contributed by atoms with van der Waals surface area (Å²) >= 11 is 3.51. The fourth-order valence-electron chi connectivity index (χ4n) is 2.42. The van der Waals surface area contributed by atoms with Gasteiger partial charge < -0.3 is 0 Å². The van der Waals surface area contributed by atoms with E-state index in [0.717, 1.165) is 17.0 Å². The molecule has 0 aromatic carbocycles. The summed E-state index contributed by atoms with van der Waals surface area (Å²) in [6, 6.07) is 16.3. The first-order chi connectivity index (χ1) is 10.9. The van der Waals surface area contributed by atoms with Crippen molar-refractivity contribution in [2.45, 2.75) is 0 Å². The molecule has 0 saturated carbocycles. The van der Waals surface area contributed by atoms with E-state index in [2.05, 4.69) is 38.9 Å². The molecule has 106 valence electrons. The molecule has 4 heterocycles. The highest BCUT2D eigenvalue weighted by Gasteiger charge is 2.18. The first-order valence-corrected chi connectivity index (χ1v) is 8.67. The van der Waals surface area contributed by atoms with Crippen LogP contribution in [0.3, 0.4) is 0 Å². The van der Waals surface area contributed by atoms with Crippen molar-refractivity contribution >= 4 is 22.7 Å². The van der Waals surface area contributed by atoms with Gasteiger partial charge >= 0.3 is 0 Å². The van der Waals surface area contributed by atoms with Gasteiger partial charge in [0.25, 0.3) is 0 Å². The van der Waals surface area contributed by atoms with Crippen LogP contribution in [0.1, 0.15) is 0 Å². The van der Waals surface area contributed by atoms with Gasteiger partial charge in [0.15, 0.2) is 0 Å². The second-order valence-corrected chi connectivity index (χ2v) is 6.59. The molecule has 22 heavy (non-hydrogen) atoms. The van der Waals surface area contributed by atoms with E-state index in [4.69, 9.17) is 0 Å². The second-order valence-electron chi connectivity index (χ2n) is 4.76. The average Bonchev–Trinajstić information content (AvgIpc) is 3.25. The lowest BCUT2D eigenvalue weighted by molar-refractivity contribution is 1.31. The fraction of sp³-hybridized carbons (Fsp3) is 0. The summed E-state index contributed by atoms with van der Waals surface area (Å²) in [5.41, 5.74) is 4.30. The third-order valence-electron chi connectivity index (χ3n) is 3.40. The predicted molar refractivity (Wildman–Crippen MR) is 94.1 cm³/mol. The predicted octanol–water partition coefficient (Wildman–Crippen LogP) is 5.60. The Hall–Kier alpha value is -2.30. The van der Waals surface area contributed by atoms with Crippen molar-refractivity contribution in [1.29, 1.82) is 0 Å². The van der Waals surface area contributed by atoms with Crippen LogP contribution >= 0.6 is 22.7 Å². The van der Waals surface area contributed by atoms with E-state index in [1.807, 2.05) is 42.7 Å². The summed E-state index contributed by atoms with van der Waals surface area (Å²) in [4.78, 5) is 11.6. The van der Waals surface area contributed by atoms with E-state index in [9.17, 15) is 0 Å². The highest BCUT2D eigenvalue weighted by molar-refractivity contribution is 7.21. The lowest BCUT2D eigenvalue weighted by atomic mass is 10.0. The molecule has 0 aliphatic rings. The molecule has 0 aliphatic heterocycles. The largest absolute Gasteiger partial charge is 0.256 e. The Morgan fingerprint density at radius 1 is 0.727 bits per heavy atom. The van der Waals surface area contributed by atoms with E-state index in [0.29, 0.717) is 0 Å². The van der Waals surface area contributed by atoms with Crippen LogP contribution in [-0.4, -0.2) is 9.97 Å². The monoisotopic (exact) mass is 320 g/mol. The van der Waals surface area contributed by atoms with Crippen LogP contribution in [0.4, 0.5) is 0 Å². The van der Waals surface area contributed by atoms with Crippen LogP contribution < -0.4 is 0 Å². The minimum Gasteiger partial charge on any atom is -0.256 e. The summed E-state index contributed by atoms with van der Waals surface area (Å²) in [5.74, 6) is 0. The van der Waals surface area contributed by atoms with E-state index >= 15 is 0 Å². The van der Waals surface area contributed by atoms with E-state index in [-0.39, 0.29) is 0 Å². The maximum absolute atomic E-state index is 4.56. The molecule has 0 bridgehead atoms. The number of aromatic nitrogens is 2. The van der Waals surface area contributed by atoms with Crippen LogP contribution in [0.15, 0.2) is 71.7 Å². The van der Waals surface area contributed by atoms with Crippen molar-refractivity contribution in [2.24, 2.45) is 0 Å². The molecular formula is C18H12N2S2. The minimum atomic E-state index is 0.988. The molecule has 0 atom stereocenters. The zero-order valence-electron chi connectivity index (χ0n) is 11.6. The van der Waals surface area contributed by atoms with Crippen LogP contribution in [0, 0.1) is 0 Å². The van der Waals surface area contributed by atoms with Crippen molar-refractivity contribution in [3.8, 4) is 32.3 Å². The van der Waals surface area contributed by atoms with Crippen LogP contribution in [0.5, 0.6) is 0 Å². The topological polar surface area (TPSA) is 25.8 Å². The molecule has 0 N–H and O–H groups in total. The Kier molecular flexibility index (Phi) is 3.54. The van der Waals surface area contributed by atoms with E-state index in [1.165, 1.54) is 15.3 Å². The Morgan fingerprint density at radius 2 is 1.50 bits per heavy atom. The number of hydrogen-bond donors (Lipinski definition) is 0. The Balaban J connectivity index is 1.97. The van der Waals surface area contributed by atoms with Crippen molar-refractivity contribution < 1.29 is 0 Å². The fourth-order valence-corrected chi connectivity index (χ4v) is 4.37. The third-order valence-corrected chi connectivity index (χ3v) is 5.43. The molecule has 4 heteroatoms. The van der Waals surface area contributed by atoms with Crippen molar-refractivity contribution in [2.75, 3.05) is 0 Å². The van der Waals surface area contributed by atoms with Gasteiger partial charge in [0.2, 0.25) is 0 Å². The molecular weight excluding hydrogens is 308 g/mol. The highest BCUT2D eigenvalue weighted by Crippen LogP contribution is 2.44. The van der Waals surface area contributed by atoms with Gasteiger partial charge in [-0.3, -0.25) is 9.97 Å². The summed E-state index contributed by atoms with van der Waals surface area (Å²) < 4.78 is 0. The van der Waals surface area contributed by atoms with Gasteiger partial charge in [0.1, 0.15) is 0 Å². The molecule has 4 aromatic rings. The molecule has 0 aliphatic carbocycles. The normalized spacial score (nSPS) is 10.7. The third kappa shape index (κ3) is 2.36. The highest BCUT2D eigenvalue weighted by atomic mass is 32.1. The molecule has 0 radical (unpaired) electrons. The van der Waals surface area contributed by atoms with Crippen LogP contribution in [-0.2, 0) is 0 Å². The van der Waals surface area contributed by atoms with Crippen LogP contribution in [0.2, 0.25) is 0 Å². The van der Waals surface area contributed by atoms with Crippen molar-refractivity contribution in [3.63, 3.8) is 0 Å². The minimum absolute atomic E-state index is 0.988. The lowest BCUT2D eigenvalue weighted by Gasteiger charge is -2.06. The van der Waals surface area contributed by atoms with Gasteiger partial charge in [-0.15, -0.1) is 22.7 Å². The number of thiophene rings is 2. The van der Waals surface area contributed by atoms with Crippen molar-refractivity contribution in [1.82, 2.24) is 9.97 Å². The van der Waals surface area contributed by atoms with E-state index < -0.39 is 0 Å². The number of pyridine rings is 2. The maximum Gasteiger partial charge on any atom is 0.0723 e.